The SMILES string of the molecule is Cc1cc(C)c(C)c(C23CC4CC(CN(C4)[C@@H]2C)C3)c1. The van der Waals surface area contributed by atoms with Crippen LogP contribution in [0.15, 0.2) is 12.1 Å². The number of nitrogens with zero attached hydrogens (tertiary/aromatic N) is 1. The monoisotopic (exact) mass is 269 g/mol. The van der Waals surface area contributed by atoms with Crippen molar-refractivity contribution in [1.29, 1.82) is 0 Å². The summed E-state index contributed by atoms with van der Waals surface area (Å²) >= 11 is 0. The molecule has 0 radical (unpaired) electrons. The molecular weight excluding hydrogens is 242 g/mol. The fourth-order valence-electron chi connectivity index (χ4n) is 5.78. The Hall–Kier alpha value is -0.820. The lowest BCUT2D eigenvalue weighted by molar-refractivity contribution is -0.0788. The molecule has 0 amide bonds. The van der Waals surface area contributed by atoms with E-state index in [0.717, 1.165) is 17.9 Å². The maximum atomic E-state index is 2.79. The summed E-state index contributed by atoms with van der Waals surface area (Å²) in [5.74, 6) is 1.91. The molecule has 20 heavy (non-hydrogen) atoms. The van der Waals surface area contributed by atoms with Gasteiger partial charge in [0.1, 0.15) is 0 Å². The van der Waals surface area contributed by atoms with Gasteiger partial charge in [-0.05, 0) is 75.5 Å². The first-order chi connectivity index (χ1) is 9.49. The summed E-state index contributed by atoms with van der Waals surface area (Å²) in [6.45, 7) is 12.1. The van der Waals surface area contributed by atoms with Gasteiger partial charge in [0.15, 0.2) is 0 Å². The van der Waals surface area contributed by atoms with Crippen molar-refractivity contribution < 1.29 is 0 Å². The predicted molar refractivity (Wildman–Crippen MR) is 84.2 cm³/mol. The van der Waals surface area contributed by atoms with Gasteiger partial charge in [-0.15, -0.1) is 0 Å². The largest absolute Gasteiger partial charge is 0.299 e. The molecule has 3 aliphatic heterocycles. The van der Waals surface area contributed by atoms with Crippen LogP contribution >= 0.6 is 0 Å². The van der Waals surface area contributed by atoms with Gasteiger partial charge in [-0.1, -0.05) is 17.7 Å². The summed E-state index contributed by atoms with van der Waals surface area (Å²) in [4.78, 5) is 2.79. The highest BCUT2D eigenvalue weighted by Gasteiger charge is 2.55. The van der Waals surface area contributed by atoms with Gasteiger partial charge in [-0.25, -0.2) is 0 Å². The van der Waals surface area contributed by atoms with Crippen LogP contribution in [0.3, 0.4) is 0 Å². The molecular formula is C19H27N. The van der Waals surface area contributed by atoms with Gasteiger partial charge < -0.3 is 0 Å². The van der Waals surface area contributed by atoms with Crippen molar-refractivity contribution >= 4 is 0 Å². The molecule has 4 fully saturated rings. The van der Waals surface area contributed by atoms with Crippen LogP contribution in [0.5, 0.6) is 0 Å². The Morgan fingerprint density at radius 3 is 2.35 bits per heavy atom. The fraction of sp³-hybridized carbons (Fsp3) is 0.684. The van der Waals surface area contributed by atoms with Crippen LogP contribution in [-0.2, 0) is 5.41 Å². The van der Waals surface area contributed by atoms with E-state index in [9.17, 15) is 0 Å². The number of benzene rings is 1. The van der Waals surface area contributed by atoms with Gasteiger partial charge in [0.05, 0.1) is 0 Å². The van der Waals surface area contributed by atoms with E-state index in [1.54, 1.807) is 11.1 Å². The smallest absolute Gasteiger partial charge is 0.0164 e. The van der Waals surface area contributed by atoms with Crippen LogP contribution in [-0.4, -0.2) is 24.0 Å². The van der Waals surface area contributed by atoms with E-state index in [1.165, 1.54) is 43.5 Å². The summed E-state index contributed by atoms with van der Waals surface area (Å²) < 4.78 is 0. The molecule has 3 saturated heterocycles. The second-order valence-corrected chi connectivity index (χ2v) is 7.92. The molecule has 1 aromatic carbocycles. The van der Waals surface area contributed by atoms with Crippen molar-refractivity contribution in [2.75, 3.05) is 13.1 Å². The van der Waals surface area contributed by atoms with Gasteiger partial charge in [0.25, 0.3) is 0 Å². The number of aryl methyl sites for hydroxylation is 2. The van der Waals surface area contributed by atoms with Crippen molar-refractivity contribution in [2.45, 2.75) is 58.4 Å². The Balaban J connectivity index is 1.88. The minimum absolute atomic E-state index is 0.449. The van der Waals surface area contributed by atoms with Gasteiger partial charge >= 0.3 is 0 Å². The number of hydrogen-bond acceptors (Lipinski definition) is 1. The van der Waals surface area contributed by atoms with Gasteiger partial charge in [-0.2, -0.15) is 0 Å². The van der Waals surface area contributed by atoms with Crippen molar-refractivity contribution in [2.24, 2.45) is 11.8 Å². The number of rotatable bonds is 1. The zero-order valence-electron chi connectivity index (χ0n) is 13.4. The first-order valence-corrected chi connectivity index (χ1v) is 8.32. The third-order valence-electron chi connectivity index (χ3n) is 6.65. The zero-order valence-corrected chi connectivity index (χ0v) is 13.4. The second-order valence-electron chi connectivity index (χ2n) is 7.92. The van der Waals surface area contributed by atoms with E-state index < -0.39 is 0 Å². The highest BCUT2D eigenvalue weighted by molar-refractivity contribution is 5.44. The molecule has 1 nitrogen and oxygen atoms in total. The molecule has 5 rings (SSSR count). The number of hydrogen-bond donors (Lipinski definition) is 0. The van der Waals surface area contributed by atoms with Crippen molar-refractivity contribution in [1.82, 2.24) is 4.90 Å². The van der Waals surface area contributed by atoms with Gasteiger partial charge in [0, 0.05) is 24.5 Å². The molecule has 0 spiro atoms. The molecule has 1 saturated carbocycles. The van der Waals surface area contributed by atoms with Crippen molar-refractivity contribution in [3.05, 3.63) is 34.4 Å². The van der Waals surface area contributed by atoms with Crippen LogP contribution in [0, 0.1) is 32.6 Å². The maximum absolute atomic E-state index is 2.79. The van der Waals surface area contributed by atoms with E-state index in [2.05, 4.69) is 44.7 Å². The molecule has 1 heteroatoms. The molecule has 108 valence electrons. The second kappa shape index (κ2) is 4.10. The summed E-state index contributed by atoms with van der Waals surface area (Å²) in [5.41, 5.74) is 6.62. The van der Waals surface area contributed by atoms with E-state index in [4.69, 9.17) is 0 Å². The van der Waals surface area contributed by atoms with Crippen LogP contribution in [0.25, 0.3) is 0 Å². The van der Waals surface area contributed by atoms with Crippen molar-refractivity contribution in [3.63, 3.8) is 0 Å². The summed E-state index contributed by atoms with van der Waals surface area (Å²) in [6.07, 6.45) is 4.37. The highest BCUT2D eigenvalue weighted by Crippen LogP contribution is 2.56. The third-order valence-corrected chi connectivity index (χ3v) is 6.65. The average Bonchev–Trinajstić information content (AvgIpc) is 2.39. The Morgan fingerprint density at radius 1 is 1.05 bits per heavy atom. The van der Waals surface area contributed by atoms with Crippen LogP contribution < -0.4 is 0 Å². The maximum Gasteiger partial charge on any atom is 0.0164 e. The van der Waals surface area contributed by atoms with Crippen molar-refractivity contribution in [3.8, 4) is 0 Å². The Bertz CT molecular complexity index is 545. The van der Waals surface area contributed by atoms with Gasteiger partial charge in [0.2, 0.25) is 0 Å². The normalized spacial score (nSPS) is 42.2. The molecule has 3 atom stereocenters. The lowest BCUT2D eigenvalue weighted by Crippen LogP contribution is -2.65. The summed E-state index contributed by atoms with van der Waals surface area (Å²) in [7, 11) is 0. The average molecular weight is 269 g/mol. The van der Waals surface area contributed by atoms with E-state index in [-0.39, 0.29) is 0 Å². The lowest BCUT2D eigenvalue weighted by Gasteiger charge is -2.62. The minimum atomic E-state index is 0.449. The van der Waals surface area contributed by atoms with E-state index in [1.807, 2.05) is 0 Å². The first kappa shape index (κ1) is 12.9. The molecule has 3 heterocycles. The topological polar surface area (TPSA) is 3.24 Å². The summed E-state index contributed by atoms with van der Waals surface area (Å²) in [5, 5.41) is 0. The standard InChI is InChI=1S/C19H27N/c1-12-5-13(2)14(3)18(6-12)19-8-16-7-17(9-19)11-20(10-16)15(19)4/h5-6,15-17H,7-11H2,1-4H3/t15-,16?,17?,19?/m1/s1. The quantitative estimate of drug-likeness (QED) is 0.745. The summed E-state index contributed by atoms with van der Waals surface area (Å²) in [6, 6.07) is 5.59. The lowest BCUT2D eigenvalue weighted by atomic mass is 9.53. The van der Waals surface area contributed by atoms with Crippen LogP contribution in [0.4, 0.5) is 0 Å². The van der Waals surface area contributed by atoms with E-state index in [0.29, 0.717) is 5.41 Å². The van der Waals surface area contributed by atoms with Gasteiger partial charge in [-0.3, -0.25) is 4.90 Å². The highest BCUT2D eigenvalue weighted by atomic mass is 15.2. The first-order valence-electron chi connectivity index (χ1n) is 8.32. The zero-order chi connectivity index (χ0) is 14.1. The van der Waals surface area contributed by atoms with Crippen LogP contribution in [0.1, 0.15) is 48.4 Å². The molecule has 1 aliphatic carbocycles. The fourth-order valence-corrected chi connectivity index (χ4v) is 5.78. The molecule has 4 bridgehead atoms. The minimum Gasteiger partial charge on any atom is -0.299 e. The number of piperidine rings is 3. The predicted octanol–water partition coefficient (Wildman–Crippen LogP) is 3.98. The van der Waals surface area contributed by atoms with Crippen LogP contribution in [0.2, 0.25) is 0 Å². The third kappa shape index (κ3) is 1.59. The van der Waals surface area contributed by atoms with E-state index >= 15 is 0 Å². The molecule has 0 N–H and O–H groups in total. The molecule has 0 aromatic heterocycles. The molecule has 1 aromatic rings. The molecule has 4 aliphatic rings. The Labute approximate surface area is 123 Å². The Morgan fingerprint density at radius 2 is 1.70 bits per heavy atom. The Kier molecular flexibility index (Phi) is 2.64. The molecule has 2 unspecified atom stereocenters.